The lowest BCUT2D eigenvalue weighted by Crippen LogP contribution is -2.18. The zero-order chi connectivity index (χ0) is 25.3. The third kappa shape index (κ3) is 5.48. The number of aromatic nitrogens is 4. The summed E-state index contributed by atoms with van der Waals surface area (Å²) in [4.78, 5) is 21.3. The molecule has 0 unspecified atom stereocenters. The molecular weight excluding hydrogens is 486 g/mol. The molecule has 8 nitrogen and oxygen atoms in total. The Labute approximate surface area is 209 Å². The fourth-order valence-electron chi connectivity index (χ4n) is 3.21. The molecule has 36 heavy (non-hydrogen) atoms. The van der Waals surface area contributed by atoms with Crippen molar-refractivity contribution in [2.75, 3.05) is 12.4 Å². The van der Waals surface area contributed by atoms with E-state index in [1.54, 1.807) is 6.07 Å². The van der Waals surface area contributed by atoms with E-state index in [0.717, 1.165) is 37.0 Å². The largest absolute Gasteiger partial charge is 0.494 e. The van der Waals surface area contributed by atoms with E-state index in [1.807, 2.05) is 0 Å². The number of nitrogens with two attached hydrogens (primary N) is 1. The molecule has 0 saturated heterocycles. The fourth-order valence-corrected chi connectivity index (χ4v) is 3.81. The number of pyridine rings is 2. The maximum absolute atomic E-state index is 13.4. The van der Waals surface area contributed by atoms with Crippen LogP contribution in [-0.4, -0.2) is 38.7 Å². The minimum Gasteiger partial charge on any atom is -0.494 e. The minimum absolute atomic E-state index is 0.111. The highest BCUT2D eigenvalue weighted by Crippen LogP contribution is 2.35. The van der Waals surface area contributed by atoms with E-state index in [1.165, 1.54) is 25.6 Å². The Hall–Kier alpha value is -3.93. The van der Waals surface area contributed by atoms with Gasteiger partial charge in [-0.25, -0.2) is 13.8 Å². The predicted molar refractivity (Wildman–Crippen MR) is 129 cm³/mol. The van der Waals surface area contributed by atoms with Crippen molar-refractivity contribution in [2.24, 2.45) is 11.7 Å². The molecule has 1 amide bonds. The molecule has 0 aliphatic heterocycles. The van der Waals surface area contributed by atoms with Gasteiger partial charge in [0.05, 0.1) is 24.4 Å². The van der Waals surface area contributed by atoms with E-state index < -0.39 is 23.6 Å². The first-order valence-electron chi connectivity index (χ1n) is 11.1. The molecule has 0 atom stereocenters. The van der Waals surface area contributed by atoms with E-state index in [4.69, 9.17) is 10.5 Å². The number of hydrogen-bond donors (Lipinski definition) is 2. The van der Waals surface area contributed by atoms with Gasteiger partial charge in [0.15, 0.2) is 5.01 Å². The molecule has 182 valence electrons. The molecule has 2 aliphatic rings. The van der Waals surface area contributed by atoms with Crippen molar-refractivity contribution in [1.29, 1.82) is 0 Å². The minimum atomic E-state index is -2.81. The third-order valence-electron chi connectivity index (χ3n) is 5.61. The highest BCUT2D eigenvalue weighted by atomic mass is 32.1. The number of halogens is 2. The lowest BCUT2D eigenvalue weighted by molar-refractivity contribution is 0.102. The van der Waals surface area contributed by atoms with Crippen LogP contribution in [0.1, 0.15) is 58.9 Å². The highest BCUT2D eigenvalue weighted by molar-refractivity contribution is 7.15. The number of carbonyl (C=O) groups is 1. The summed E-state index contributed by atoms with van der Waals surface area (Å²) < 4.78 is 32.2. The Kier molecular flexibility index (Phi) is 6.35. The first kappa shape index (κ1) is 23.8. The maximum atomic E-state index is 13.4. The molecule has 0 radical (unpaired) electrons. The van der Waals surface area contributed by atoms with Crippen LogP contribution < -0.4 is 15.8 Å². The molecule has 0 aromatic carbocycles. The summed E-state index contributed by atoms with van der Waals surface area (Å²) >= 11 is 1.14. The van der Waals surface area contributed by atoms with Crippen LogP contribution in [0.25, 0.3) is 11.1 Å². The van der Waals surface area contributed by atoms with Gasteiger partial charge < -0.3 is 10.5 Å². The lowest BCUT2D eigenvalue weighted by atomic mass is 9.99. The summed E-state index contributed by atoms with van der Waals surface area (Å²) in [5.41, 5.74) is 6.06. The summed E-state index contributed by atoms with van der Waals surface area (Å²) in [5, 5.41) is 11.4. The fraction of sp³-hybridized carbons (Fsp3) is 0.320. The molecule has 11 heteroatoms. The predicted octanol–water partition coefficient (Wildman–Crippen LogP) is 3.80. The second kappa shape index (κ2) is 9.61. The number of methoxy groups -OCH3 is 1. The summed E-state index contributed by atoms with van der Waals surface area (Å²) in [6.07, 6.45) is 3.47. The van der Waals surface area contributed by atoms with Crippen molar-refractivity contribution in [1.82, 2.24) is 20.2 Å². The van der Waals surface area contributed by atoms with Crippen molar-refractivity contribution in [3.8, 4) is 40.6 Å². The summed E-state index contributed by atoms with van der Waals surface area (Å²) in [6, 6.07) is 2.74. The van der Waals surface area contributed by atoms with Crippen molar-refractivity contribution >= 4 is 22.4 Å². The monoisotopic (exact) mass is 506 g/mol. The quantitative estimate of drug-likeness (QED) is 0.506. The van der Waals surface area contributed by atoms with Crippen LogP contribution >= 0.6 is 11.3 Å². The van der Waals surface area contributed by atoms with E-state index in [9.17, 15) is 13.6 Å². The number of anilines is 1. The average molecular weight is 507 g/mol. The molecule has 3 aromatic rings. The Bertz CT molecular complexity index is 1460. The maximum Gasteiger partial charge on any atom is 0.280 e. The van der Waals surface area contributed by atoms with E-state index in [2.05, 4.69) is 49.2 Å². The van der Waals surface area contributed by atoms with Crippen LogP contribution in [0, 0.1) is 29.6 Å². The van der Waals surface area contributed by atoms with Crippen molar-refractivity contribution in [3.05, 3.63) is 46.5 Å². The van der Waals surface area contributed by atoms with E-state index >= 15 is 0 Å². The third-order valence-corrected chi connectivity index (χ3v) is 6.36. The van der Waals surface area contributed by atoms with Gasteiger partial charge in [0, 0.05) is 23.2 Å². The first-order valence-corrected chi connectivity index (χ1v) is 12.0. The molecule has 0 spiro atoms. The van der Waals surface area contributed by atoms with E-state index in [0.29, 0.717) is 22.2 Å². The van der Waals surface area contributed by atoms with Crippen LogP contribution in [0.4, 0.5) is 13.9 Å². The van der Waals surface area contributed by atoms with Gasteiger partial charge >= 0.3 is 0 Å². The number of nitrogens with zero attached hydrogens (tertiary/aromatic N) is 4. The highest BCUT2D eigenvalue weighted by Gasteiger charge is 2.36. The smallest absolute Gasteiger partial charge is 0.280 e. The van der Waals surface area contributed by atoms with Gasteiger partial charge in [-0.1, -0.05) is 23.2 Å². The molecule has 2 fully saturated rings. The average Bonchev–Trinajstić information content (AvgIpc) is 3.80. The second-order valence-corrected chi connectivity index (χ2v) is 9.52. The number of ether oxygens (including phenoxy) is 1. The molecule has 5 rings (SSSR count). The molecule has 3 N–H and O–H groups in total. The summed E-state index contributed by atoms with van der Waals surface area (Å²) in [5.74, 6) is 12.0. The van der Waals surface area contributed by atoms with Gasteiger partial charge in [0.1, 0.15) is 17.1 Å². The first-order chi connectivity index (χ1) is 17.3. The van der Waals surface area contributed by atoms with Gasteiger partial charge in [-0.3, -0.25) is 15.1 Å². The van der Waals surface area contributed by atoms with Crippen LogP contribution in [-0.2, 0) is 0 Å². The zero-order valence-electron chi connectivity index (χ0n) is 19.1. The topological polar surface area (TPSA) is 116 Å². The molecular formula is C25H20F2N6O2S. The van der Waals surface area contributed by atoms with Gasteiger partial charge in [0.25, 0.3) is 12.3 Å². The Balaban J connectivity index is 1.52. The Morgan fingerprint density at radius 3 is 2.69 bits per heavy atom. The Morgan fingerprint density at radius 1 is 1.19 bits per heavy atom. The van der Waals surface area contributed by atoms with E-state index in [-0.39, 0.29) is 22.0 Å². The molecule has 0 bridgehead atoms. The van der Waals surface area contributed by atoms with Gasteiger partial charge in [0.2, 0.25) is 5.13 Å². The van der Waals surface area contributed by atoms with Gasteiger partial charge in [-0.2, -0.15) is 0 Å². The number of rotatable bonds is 5. The number of amides is 1. The summed E-state index contributed by atoms with van der Waals surface area (Å²) in [7, 11) is 1.39. The van der Waals surface area contributed by atoms with Crippen LogP contribution in [0.3, 0.4) is 0 Å². The van der Waals surface area contributed by atoms with Gasteiger partial charge in [-0.15, -0.1) is 10.2 Å². The standard InChI is InChI=1S/C25H20F2N6O2S/c1-35-20-13-30-19(22(26)27)11-17(20)16-10-15(6-7-25(28)8-9-25)29-12-18(16)23(34)31-24-33-32-21(36-24)5-4-14-2-3-14/h10-14,22H,2-3,8-9,28H2,1H3,(H,31,33,34). The van der Waals surface area contributed by atoms with Crippen LogP contribution in [0.15, 0.2) is 24.5 Å². The number of alkyl halides is 2. The number of hydrogen-bond acceptors (Lipinski definition) is 8. The molecule has 2 aliphatic carbocycles. The molecule has 2 saturated carbocycles. The summed E-state index contributed by atoms with van der Waals surface area (Å²) in [6.45, 7) is 0. The zero-order valence-corrected chi connectivity index (χ0v) is 20.0. The SMILES string of the molecule is COc1cnc(C(F)F)cc1-c1cc(C#CC2(N)CC2)ncc1C(=O)Nc1nnc(C#CC2CC2)s1. The van der Waals surface area contributed by atoms with Crippen molar-refractivity contribution < 1.29 is 18.3 Å². The normalized spacial score (nSPS) is 15.4. The number of nitrogens with one attached hydrogen (secondary N) is 1. The van der Waals surface area contributed by atoms with Crippen molar-refractivity contribution in [3.63, 3.8) is 0 Å². The molecule has 3 heterocycles. The van der Waals surface area contributed by atoms with Crippen LogP contribution in [0.5, 0.6) is 5.75 Å². The second-order valence-electron chi connectivity index (χ2n) is 8.54. The molecule has 3 aromatic heterocycles. The number of carbonyl (C=O) groups excluding carboxylic acids is 1. The lowest BCUT2D eigenvalue weighted by Gasteiger charge is -2.14. The van der Waals surface area contributed by atoms with Crippen LogP contribution in [0.2, 0.25) is 0 Å². The van der Waals surface area contributed by atoms with Gasteiger partial charge in [-0.05, 0) is 49.7 Å². The van der Waals surface area contributed by atoms with Crippen molar-refractivity contribution in [2.45, 2.75) is 37.6 Å². The Morgan fingerprint density at radius 2 is 2.00 bits per heavy atom.